The second-order valence-corrected chi connectivity index (χ2v) is 8.52. The molecule has 6 nitrogen and oxygen atoms in total. The van der Waals surface area contributed by atoms with Crippen LogP contribution >= 0.6 is 0 Å². The topological polar surface area (TPSA) is 69.7 Å². The number of nitrogens with one attached hydrogen (secondary N) is 1. The molecule has 0 radical (unpaired) electrons. The van der Waals surface area contributed by atoms with Crippen LogP contribution in [0.5, 0.6) is 0 Å². The molecule has 1 atom stereocenters. The number of hydrogen-bond donors (Lipinski definition) is 1. The summed E-state index contributed by atoms with van der Waals surface area (Å²) in [5, 5.41) is 3.00. The van der Waals surface area contributed by atoms with Crippen LogP contribution in [-0.2, 0) is 14.8 Å². The number of amides is 1. The Bertz CT molecular complexity index is 665. The van der Waals surface area contributed by atoms with Gasteiger partial charge >= 0.3 is 0 Å². The first kappa shape index (κ1) is 18.7. The molecule has 1 aliphatic rings. The molecule has 24 heavy (non-hydrogen) atoms. The summed E-state index contributed by atoms with van der Waals surface area (Å²) >= 11 is 0. The fourth-order valence-corrected chi connectivity index (χ4v) is 4.15. The molecular formula is C17H27N3O3S. The molecule has 0 bridgehead atoms. The number of piperidine rings is 1. The van der Waals surface area contributed by atoms with Crippen molar-refractivity contribution in [3.63, 3.8) is 0 Å². The van der Waals surface area contributed by atoms with Crippen LogP contribution in [0.2, 0.25) is 0 Å². The Morgan fingerprint density at radius 3 is 2.29 bits per heavy atom. The fourth-order valence-electron chi connectivity index (χ4n) is 2.98. The maximum absolute atomic E-state index is 12.6. The molecule has 1 N–H and O–H groups in total. The van der Waals surface area contributed by atoms with E-state index in [2.05, 4.69) is 17.3 Å². The Kier molecular flexibility index (Phi) is 5.87. The molecule has 0 spiro atoms. The maximum atomic E-state index is 12.6. The number of benzene rings is 1. The number of carbonyl (C=O) groups excluding carboxylic acids is 1. The Morgan fingerprint density at radius 2 is 1.79 bits per heavy atom. The molecule has 0 aromatic heterocycles. The third kappa shape index (κ3) is 4.70. The lowest BCUT2D eigenvalue weighted by Crippen LogP contribution is -2.52. The van der Waals surface area contributed by atoms with Gasteiger partial charge in [-0.3, -0.25) is 9.10 Å². The third-order valence-electron chi connectivity index (χ3n) is 4.44. The monoisotopic (exact) mass is 353 g/mol. The molecule has 134 valence electrons. The van der Waals surface area contributed by atoms with Crippen molar-refractivity contribution in [2.75, 3.05) is 30.7 Å². The summed E-state index contributed by atoms with van der Waals surface area (Å²) in [6.07, 6.45) is 2.91. The van der Waals surface area contributed by atoms with Crippen molar-refractivity contribution >= 4 is 21.6 Å². The summed E-state index contributed by atoms with van der Waals surface area (Å²) in [7, 11) is -1.50. The van der Waals surface area contributed by atoms with Crippen LogP contribution in [0.4, 0.5) is 5.69 Å². The van der Waals surface area contributed by atoms with Gasteiger partial charge in [-0.15, -0.1) is 0 Å². The van der Waals surface area contributed by atoms with Gasteiger partial charge in [0.2, 0.25) is 15.9 Å². The smallest absolute Gasteiger partial charge is 0.243 e. The molecular weight excluding hydrogens is 326 g/mol. The van der Waals surface area contributed by atoms with Crippen LogP contribution in [0.25, 0.3) is 0 Å². The van der Waals surface area contributed by atoms with Gasteiger partial charge in [0.05, 0.1) is 11.9 Å². The largest absolute Gasteiger partial charge is 0.351 e. The Balaban J connectivity index is 2.14. The first-order valence-electron chi connectivity index (χ1n) is 8.23. The van der Waals surface area contributed by atoms with Crippen LogP contribution in [0.1, 0.15) is 25.3 Å². The van der Waals surface area contributed by atoms with E-state index in [1.807, 2.05) is 19.1 Å². The molecule has 1 aliphatic heterocycles. The van der Waals surface area contributed by atoms with E-state index in [1.54, 1.807) is 19.1 Å². The highest BCUT2D eigenvalue weighted by Gasteiger charge is 2.30. The van der Waals surface area contributed by atoms with Crippen molar-refractivity contribution in [1.29, 1.82) is 0 Å². The lowest BCUT2D eigenvalue weighted by atomic mass is 10.1. The van der Waals surface area contributed by atoms with Gasteiger partial charge in [0.15, 0.2) is 0 Å². The van der Waals surface area contributed by atoms with Crippen LogP contribution in [0.15, 0.2) is 24.3 Å². The molecule has 7 heteroatoms. The molecule has 1 amide bonds. The predicted octanol–water partition coefficient (Wildman–Crippen LogP) is 1.36. The number of aryl methyl sites for hydroxylation is 1. The lowest BCUT2D eigenvalue weighted by Gasteiger charge is -2.33. The second kappa shape index (κ2) is 7.53. The van der Waals surface area contributed by atoms with Gasteiger partial charge in [0.1, 0.15) is 6.04 Å². The molecule has 1 saturated heterocycles. The standard InChI is InChI=1S/C17H27N3O3S/c1-13-5-7-16(8-6-13)20(24(4,22)23)14(2)17(21)18-15-9-11-19(3)12-10-15/h5-8,14-15H,9-12H2,1-4H3,(H,18,21). The van der Waals surface area contributed by atoms with Gasteiger partial charge in [-0.05, 0) is 59.0 Å². The molecule has 1 aromatic rings. The van der Waals surface area contributed by atoms with Gasteiger partial charge in [0.25, 0.3) is 0 Å². The summed E-state index contributed by atoms with van der Waals surface area (Å²) in [6, 6.07) is 6.47. The van der Waals surface area contributed by atoms with Gasteiger partial charge in [-0.1, -0.05) is 17.7 Å². The van der Waals surface area contributed by atoms with Crippen molar-refractivity contribution in [3.05, 3.63) is 29.8 Å². The number of anilines is 1. The Labute approximate surface area is 144 Å². The number of likely N-dealkylation sites (tertiary alicyclic amines) is 1. The van der Waals surface area contributed by atoms with E-state index in [-0.39, 0.29) is 11.9 Å². The lowest BCUT2D eigenvalue weighted by molar-refractivity contribution is -0.122. The molecule has 1 heterocycles. The average molecular weight is 353 g/mol. The number of carbonyl (C=O) groups is 1. The van der Waals surface area contributed by atoms with E-state index in [4.69, 9.17) is 0 Å². The molecule has 0 aliphatic carbocycles. The third-order valence-corrected chi connectivity index (χ3v) is 5.68. The zero-order chi connectivity index (χ0) is 17.9. The van der Waals surface area contributed by atoms with Crippen molar-refractivity contribution in [2.24, 2.45) is 0 Å². The quantitative estimate of drug-likeness (QED) is 0.868. The van der Waals surface area contributed by atoms with Crippen LogP contribution < -0.4 is 9.62 Å². The summed E-state index contributed by atoms with van der Waals surface area (Å²) < 4.78 is 25.7. The maximum Gasteiger partial charge on any atom is 0.243 e. The molecule has 0 saturated carbocycles. The fraction of sp³-hybridized carbons (Fsp3) is 0.588. The summed E-state index contributed by atoms with van der Waals surface area (Å²) in [5.74, 6) is -0.254. The van der Waals surface area contributed by atoms with Crippen molar-refractivity contribution < 1.29 is 13.2 Å². The average Bonchev–Trinajstić information content (AvgIpc) is 2.50. The Morgan fingerprint density at radius 1 is 1.25 bits per heavy atom. The number of sulfonamides is 1. The highest BCUT2D eigenvalue weighted by molar-refractivity contribution is 7.92. The molecule has 1 aromatic carbocycles. The van der Waals surface area contributed by atoms with Crippen molar-refractivity contribution in [2.45, 2.75) is 38.8 Å². The van der Waals surface area contributed by atoms with E-state index in [9.17, 15) is 13.2 Å². The summed E-state index contributed by atoms with van der Waals surface area (Å²) in [5.41, 5.74) is 1.55. The van der Waals surface area contributed by atoms with Crippen molar-refractivity contribution in [3.8, 4) is 0 Å². The van der Waals surface area contributed by atoms with E-state index >= 15 is 0 Å². The van der Waals surface area contributed by atoms with E-state index < -0.39 is 16.1 Å². The minimum absolute atomic E-state index is 0.107. The number of hydrogen-bond acceptors (Lipinski definition) is 4. The van der Waals surface area contributed by atoms with E-state index in [0.29, 0.717) is 5.69 Å². The summed E-state index contributed by atoms with van der Waals surface area (Å²) in [6.45, 7) is 5.44. The molecule has 1 unspecified atom stereocenters. The number of nitrogens with zero attached hydrogens (tertiary/aromatic N) is 2. The minimum atomic E-state index is -3.56. The van der Waals surface area contributed by atoms with Crippen LogP contribution in [0.3, 0.4) is 0 Å². The predicted molar refractivity (Wildman–Crippen MR) is 96.6 cm³/mol. The normalized spacial score (nSPS) is 18.2. The summed E-state index contributed by atoms with van der Waals surface area (Å²) in [4.78, 5) is 14.8. The Hall–Kier alpha value is -1.60. The second-order valence-electron chi connectivity index (χ2n) is 6.66. The van der Waals surface area contributed by atoms with Gasteiger partial charge in [-0.25, -0.2) is 8.42 Å². The zero-order valence-electron chi connectivity index (χ0n) is 14.8. The van der Waals surface area contributed by atoms with E-state index in [1.165, 1.54) is 4.31 Å². The SMILES string of the molecule is Cc1ccc(N(C(C)C(=O)NC2CCN(C)CC2)S(C)(=O)=O)cc1. The highest BCUT2D eigenvalue weighted by atomic mass is 32.2. The van der Waals surface area contributed by atoms with Gasteiger partial charge in [0, 0.05) is 6.04 Å². The van der Waals surface area contributed by atoms with Gasteiger partial charge < -0.3 is 10.2 Å². The van der Waals surface area contributed by atoms with E-state index in [0.717, 1.165) is 37.8 Å². The minimum Gasteiger partial charge on any atom is -0.351 e. The first-order valence-corrected chi connectivity index (χ1v) is 10.1. The van der Waals surface area contributed by atoms with Gasteiger partial charge in [-0.2, -0.15) is 0 Å². The van der Waals surface area contributed by atoms with Crippen LogP contribution in [-0.4, -0.2) is 57.7 Å². The molecule has 2 rings (SSSR count). The van der Waals surface area contributed by atoms with Crippen molar-refractivity contribution in [1.82, 2.24) is 10.2 Å². The molecule has 1 fully saturated rings. The van der Waals surface area contributed by atoms with Crippen LogP contribution in [0, 0.1) is 6.92 Å². The highest BCUT2D eigenvalue weighted by Crippen LogP contribution is 2.21. The zero-order valence-corrected chi connectivity index (χ0v) is 15.6. The number of rotatable bonds is 5. The first-order chi connectivity index (χ1) is 11.2.